The monoisotopic (exact) mass is 313 g/mol. The smallest absolute Gasteiger partial charge is 0.129 e. The summed E-state index contributed by atoms with van der Waals surface area (Å²) in [6, 6.07) is 5.36. The molecule has 0 aromatic heterocycles. The largest absolute Gasteiger partial charge is 0.313 e. The van der Waals surface area contributed by atoms with Gasteiger partial charge < -0.3 is 5.32 Å². The van der Waals surface area contributed by atoms with Crippen molar-refractivity contribution in [3.05, 3.63) is 34.1 Å². The lowest BCUT2D eigenvalue weighted by atomic mass is 9.87. The van der Waals surface area contributed by atoms with Crippen LogP contribution in [0.2, 0.25) is 0 Å². The van der Waals surface area contributed by atoms with Crippen LogP contribution in [0.5, 0.6) is 0 Å². The Balaban J connectivity index is 2.26. The highest BCUT2D eigenvalue weighted by atomic mass is 79.9. The summed E-state index contributed by atoms with van der Waals surface area (Å²) < 4.78 is 15.0. The van der Waals surface area contributed by atoms with Crippen LogP contribution in [-0.2, 0) is 0 Å². The molecule has 1 aromatic rings. The zero-order valence-corrected chi connectivity index (χ0v) is 12.5. The molecule has 0 spiro atoms. The first-order valence-electron chi connectivity index (χ1n) is 6.85. The van der Waals surface area contributed by atoms with Crippen LogP contribution in [0, 0.1) is 11.7 Å². The third kappa shape index (κ3) is 3.12. The summed E-state index contributed by atoms with van der Waals surface area (Å²) in [7, 11) is 1.94. The maximum Gasteiger partial charge on any atom is 0.129 e. The third-order valence-corrected chi connectivity index (χ3v) is 4.68. The van der Waals surface area contributed by atoms with E-state index in [1.165, 1.54) is 38.5 Å². The molecule has 0 heterocycles. The van der Waals surface area contributed by atoms with Crippen LogP contribution in [0.15, 0.2) is 22.7 Å². The van der Waals surface area contributed by atoms with Crippen molar-refractivity contribution in [2.45, 2.75) is 44.6 Å². The quantitative estimate of drug-likeness (QED) is 0.789. The van der Waals surface area contributed by atoms with E-state index in [4.69, 9.17) is 0 Å². The maximum atomic E-state index is 14.1. The van der Waals surface area contributed by atoms with Gasteiger partial charge in [-0.2, -0.15) is 0 Å². The summed E-state index contributed by atoms with van der Waals surface area (Å²) >= 11 is 3.49. The van der Waals surface area contributed by atoms with Crippen molar-refractivity contribution in [1.29, 1.82) is 0 Å². The number of nitrogens with one attached hydrogen (secondary N) is 1. The molecule has 1 nitrogen and oxygen atoms in total. The summed E-state index contributed by atoms with van der Waals surface area (Å²) in [6.45, 7) is 0. The van der Waals surface area contributed by atoms with Crippen molar-refractivity contribution in [1.82, 2.24) is 5.32 Å². The minimum atomic E-state index is -0.104. The highest BCUT2D eigenvalue weighted by Crippen LogP contribution is 2.37. The average Bonchev–Trinajstić information content (AvgIpc) is 2.63. The van der Waals surface area contributed by atoms with Gasteiger partial charge in [0.05, 0.1) is 0 Å². The van der Waals surface area contributed by atoms with Crippen LogP contribution in [0.4, 0.5) is 4.39 Å². The Kier molecular flexibility index (Phi) is 5.19. The number of hydrogen-bond acceptors (Lipinski definition) is 1. The Hall–Kier alpha value is -0.410. The lowest BCUT2D eigenvalue weighted by Crippen LogP contribution is -2.26. The Labute approximate surface area is 117 Å². The summed E-state index contributed by atoms with van der Waals surface area (Å²) in [4.78, 5) is 0. The molecule has 0 saturated heterocycles. The van der Waals surface area contributed by atoms with Crippen molar-refractivity contribution in [2.75, 3.05) is 7.05 Å². The molecule has 1 unspecified atom stereocenters. The van der Waals surface area contributed by atoms with Crippen LogP contribution in [-0.4, -0.2) is 7.05 Å². The Bertz CT molecular complexity index is 366. The normalized spacial score (nSPS) is 19.5. The summed E-state index contributed by atoms with van der Waals surface area (Å²) in [5.74, 6) is 0.443. The van der Waals surface area contributed by atoms with Gasteiger partial charge in [-0.25, -0.2) is 4.39 Å². The molecule has 18 heavy (non-hydrogen) atoms. The molecule has 0 amide bonds. The van der Waals surface area contributed by atoms with Crippen molar-refractivity contribution in [2.24, 2.45) is 5.92 Å². The molecule has 2 rings (SSSR count). The highest BCUT2D eigenvalue weighted by molar-refractivity contribution is 9.10. The van der Waals surface area contributed by atoms with E-state index >= 15 is 0 Å². The fraction of sp³-hybridized carbons (Fsp3) is 0.600. The molecule has 1 atom stereocenters. The predicted octanol–water partition coefficient (Wildman–Crippen LogP) is 4.82. The molecule has 1 saturated carbocycles. The van der Waals surface area contributed by atoms with Gasteiger partial charge in [0.2, 0.25) is 0 Å². The summed E-state index contributed by atoms with van der Waals surface area (Å²) in [5, 5.41) is 3.33. The zero-order valence-electron chi connectivity index (χ0n) is 10.9. The second-order valence-electron chi connectivity index (χ2n) is 5.15. The molecule has 1 aliphatic carbocycles. The van der Waals surface area contributed by atoms with E-state index in [-0.39, 0.29) is 11.9 Å². The molecule has 1 aromatic carbocycles. The van der Waals surface area contributed by atoms with E-state index in [0.29, 0.717) is 5.92 Å². The molecular formula is C15H21BrFN. The standard InChI is InChI=1S/C15H21BrFN/c1-18-15(11-7-4-2-3-5-8-11)14-12(16)9-6-10-13(14)17/h6,9-11,15,18H,2-5,7-8H2,1H3. The minimum absolute atomic E-state index is 0.104. The fourth-order valence-corrected chi connectivity index (χ4v) is 3.66. The summed E-state index contributed by atoms with van der Waals surface area (Å²) in [5.41, 5.74) is 0.798. The molecular weight excluding hydrogens is 293 g/mol. The van der Waals surface area contributed by atoms with Crippen LogP contribution in [0.3, 0.4) is 0 Å². The molecule has 0 aliphatic heterocycles. The molecule has 1 aliphatic rings. The van der Waals surface area contributed by atoms with E-state index in [9.17, 15) is 4.39 Å². The Morgan fingerprint density at radius 1 is 1.22 bits per heavy atom. The SMILES string of the molecule is CNC(c1c(F)cccc1Br)C1CCCCCC1. The number of benzene rings is 1. The maximum absolute atomic E-state index is 14.1. The van der Waals surface area contributed by atoms with Crippen molar-refractivity contribution in [3.63, 3.8) is 0 Å². The molecule has 100 valence electrons. The third-order valence-electron chi connectivity index (χ3n) is 3.99. The summed E-state index contributed by atoms with van der Waals surface area (Å²) in [6.07, 6.45) is 7.60. The van der Waals surface area contributed by atoms with Crippen LogP contribution in [0.25, 0.3) is 0 Å². The van der Waals surface area contributed by atoms with Gasteiger partial charge in [0.15, 0.2) is 0 Å². The van der Waals surface area contributed by atoms with E-state index in [1.807, 2.05) is 13.1 Å². The molecule has 1 N–H and O–H groups in total. The van der Waals surface area contributed by atoms with Gasteiger partial charge in [0.25, 0.3) is 0 Å². The number of rotatable bonds is 3. The molecule has 0 bridgehead atoms. The van der Waals surface area contributed by atoms with Gasteiger partial charge in [0.1, 0.15) is 5.82 Å². The first-order chi connectivity index (χ1) is 8.74. The Morgan fingerprint density at radius 3 is 2.44 bits per heavy atom. The van der Waals surface area contributed by atoms with Crippen LogP contribution >= 0.6 is 15.9 Å². The highest BCUT2D eigenvalue weighted by Gasteiger charge is 2.26. The van der Waals surface area contributed by atoms with Crippen LogP contribution in [0.1, 0.15) is 50.1 Å². The van der Waals surface area contributed by atoms with E-state index in [1.54, 1.807) is 12.1 Å². The van der Waals surface area contributed by atoms with Crippen molar-refractivity contribution >= 4 is 15.9 Å². The lowest BCUT2D eigenvalue weighted by molar-refractivity contribution is 0.332. The second kappa shape index (κ2) is 6.67. The van der Waals surface area contributed by atoms with E-state index in [0.717, 1.165) is 10.0 Å². The average molecular weight is 314 g/mol. The van der Waals surface area contributed by atoms with E-state index in [2.05, 4.69) is 21.2 Å². The first kappa shape index (κ1) is 14.0. The van der Waals surface area contributed by atoms with Crippen molar-refractivity contribution < 1.29 is 4.39 Å². The zero-order chi connectivity index (χ0) is 13.0. The Morgan fingerprint density at radius 2 is 1.89 bits per heavy atom. The minimum Gasteiger partial charge on any atom is -0.313 e. The topological polar surface area (TPSA) is 12.0 Å². The van der Waals surface area contributed by atoms with Gasteiger partial charge in [-0.05, 0) is 37.9 Å². The predicted molar refractivity (Wildman–Crippen MR) is 77.1 cm³/mol. The van der Waals surface area contributed by atoms with Gasteiger partial charge in [-0.15, -0.1) is 0 Å². The number of hydrogen-bond donors (Lipinski definition) is 1. The number of halogens is 2. The molecule has 0 radical (unpaired) electrons. The van der Waals surface area contributed by atoms with E-state index < -0.39 is 0 Å². The van der Waals surface area contributed by atoms with Crippen LogP contribution < -0.4 is 5.32 Å². The first-order valence-corrected chi connectivity index (χ1v) is 7.64. The van der Waals surface area contributed by atoms with Gasteiger partial charge >= 0.3 is 0 Å². The molecule has 1 fully saturated rings. The van der Waals surface area contributed by atoms with Crippen molar-refractivity contribution in [3.8, 4) is 0 Å². The fourth-order valence-electron chi connectivity index (χ4n) is 3.07. The van der Waals surface area contributed by atoms with Gasteiger partial charge in [-0.3, -0.25) is 0 Å². The second-order valence-corrected chi connectivity index (χ2v) is 6.01. The van der Waals surface area contributed by atoms with Gasteiger partial charge in [-0.1, -0.05) is 47.7 Å². The van der Waals surface area contributed by atoms with Gasteiger partial charge in [0, 0.05) is 16.1 Å². The lowest BCUT2D eigenvalue weighted by Gasteiger charge is -2.27. The molecule has 3 heteroatoms.